The summed E-state index contributed by atoms with van der Waals surface area (Å²) in [6.45, 7) is 4.90. The molecule has 3 aliphatic rings. The number of para-hydroxylation sites is 1. The summed E-state index contributed by atoms with van der Waals surface area (Å²) in [7, 11) is 0. The van der Waals surface area contributed by atoms with E-state index in [4.69, 9.17) is 9.47 Å². The van der Waals surface area contributed by atoms with Crippen LogP contribution in [0.5, 0.6) is 0 Å². The van der Waals surface area contributed by atoms with Gasteiger partial charge in [0.2, 0.25) is 5.95 Å². The van der Waals surface area contributed by atoms with Crippen LogP contribution in [0.15, 0.2) is 36.5 Å². The fourth-order valence-corrected chi connectivity index (χ4v) is 4.45. The average molecular weight is 380 g/mol. The smallest absolute Gasteiger partial charge is 0.277 e. The summed E-state index contributed by atoms with van der Waals surface area (Å²) in [6.07, 6.45) is 4.11. The van der Waals surface area contributed by atoms with Crippen molar-refractivity contribution in [3.05, 3.63) is 47.8 Å². The van der Waals surface area contributed by atoms with Crippen molar-refractivity contribution in [2.24, 2.45) is 0 Å². The van der Waals surface area contributed by atoms with E-state index in [9.17, 15) is 4.79 Å². The predicted octanol–water partition coefficient (Wildman–Crippen LogP) is 2.41. The average Bonchev–Trinajstić information content (AvgIpc) is 3.31. The van der Waals surface area contributed by atoms with Crippen LogP contribution in [0.25, 0.3) is 0 Å². The van der Waals surface area contributed by atoms with Crippen molar-refractivity contribution in [3.8, 4) is 0 Å². The van der Waals surface area contributed by atoms with Crippen LogP contribution in [0, 0.1) is 0 Å². The molecule has 5 rings (SSSR count). The van der Waals surface area contributed by atoms with E-state index in [1.807, 2.05) is 23.1 Å². The Hall–Kier alpha value is -2.51. The second-order valence-electron chi connectivity index (χ2n) is 7.69. The molecule has 1 unspecified atom stereocenters. The Bertz CT molecular complexity index is 887. The largest absolute Gasteiger partial charge is 0.347 e. The summed E-state index contributed by atoms with van der Waals surface area (Å²) in [6, 6.07) is 9.90. The second kappa shape index (κ2) is 6.83. The van der Waals surface area contributed by atoms with Crippen LogP contribution >= 0.6 is 0 Å². The highest BCUT2D eigenvalue weighted by Crippen LogP contribution is 2.34. The Labute approximate surface area is 164 Å². The van der Waals surface area contributed by atoms with E-state index in [1.54, 1.807) is 12.3 Å². The van der Waals surface area contributed by atoms with E-state index in [0.717, 1.165) is 38.0 Å². The second-order valence-corrected chi connectivity index (χ2v) is 7.69. The van der Waals surface area contributed by atoms with E-state index in [1.165, 1.54) is 5.56 Å². The number of carbonyl (C=O) groups is 1. The molecule has 2 fully saturated rings. The number of aromatic nitrogens is 2. The van der Waals surface area contributed by atoms with Gasteiger partial charge in [0.25, 0.3) is 5.91 Å². The highest BCUT2D eigenvalue weighted by molar-refractivity contribution is 6.06. The van der Waals surface area contributed by atoms with E-state index in [0.29, 0.717) is 24.9 Å². The van der Waals surface area contributed by atoms with Crippen molar-refractivity contribution in [2.45, 2.75) is 38.0 Å². The lowest BCUT2D eigenvalue weighted by Crippen LogP contribution is -2.46. The van der Waals surface area contributed by atoms with Crippen LogP contribution in [-0.4, -0.2) is 54.0 Å². The molecular weight excluding hydrogens is 356 g/mol. The maximum absolute atomic E-state index is 13.2. The molecule has 2 aromatic rings. The van der Waals surface area contributed by atoms with Gasteiger partial charge >= 0.3 is 0 Å². The molecule has 1 spiro atoms. The number of hydrogen-bond donors (Lipinski definition) is 0. The first-order valence-electron chi connectivity index (χ1n) is 9.93. The number of hydrogen-bond acceptors (Lipinski definition) is 6. The Morgan fingerprint density at radius 2 is 1.89 bits per heavy atom. The maximum Gasteiger partial charge on any atom is 0.277 e. The molecule has 4 heterocycles. The number of carbonyl (C=O) groups excluding carboxylic acids is 1. The van der Waals surface area contributed by atoms with Crippen LogP contribution in [0.4, 0.5) is 11.6 Å². The molecular formula is C21H24N4O3. The zero-order valence-electron chi connectivity index (χ0n) is 16.0. The third-order valence-corrected chi connectivity index (χ3v) is 5.91. The molecule has 1 aromatic carbocycles. The minimum Gasteiger partial charge on any atom is -0.347 e. The van der Waals surface area contributed by atoms with E-state index in [-0.39, 0.29) is 11.9 Å². The van der Waals surface area contributed by atoms with Gasteiger partial charge in [0.1, 0.15) is 5.69 Å². The van der Waals surface area contributed by atoms with Gasteiger partial charge in [0.15, 0.2) is 5.79 Å². The van der Waals surface area contributed by atoms with Gasteiger partial charge in [-0.3, -0.25) is 4.79 Å². The lowest BCUT2D eigenvalue weighted by Gasteiger charge is -2.37. The highest BCUT2D eigenvalue weighted by atomic mass is 16.7. The van der Waals surface area contributed by atoms with Gasteiger partial charge in [-0.05, 0) is 31.0 Å². The van der Waals surface area contributed by atoms with Crippen molar-refractivity contribution < 1.29 is 14.3 Å². The molecule has 0 saturated carbocycles. The van der Waals surface area contributed by atoms with Gasteiger partial charge in [0.05, 0.1) is 13.2 Å². The first kappa shape index (κ1) is 17.6. The Morgan fingerprint density at radius 3 is 2.68 bits per heavy atom. The number of benzene rings is 1. The number of nitrogens with zero attached hydrogens (tertiary/aromatic N) is 4. The van der Waals surface area contributed by atoms with Crippen LogP contribution in [0.3, 0.4) is 0 Å². The van der Waals surface area contributed by atoms with Crippen molar-refractivity contribution >= 4 is 17.5 Å². The van der Waals surface area contributed by atoms with Crippen molar-refractivity contribution in [1.82, 2.24) is 9.97 Å². The van der Waals surface area contributed by atoms with Gasteiger partial charge < -0.3 is 19.3 Å². The van der Waals surface area contributed by atoms with Crippen molar-refractivity contribution in [2.75, 3.05) is 36.1 Å². The molecule has 1 aromatic heterocycles. The standard InChI is InChI=1S/C21H24N4O3/c1-15-14-16-4-2-3-5-18(16)25(15)19(26)17-6-9-22-20(23-17)24-10-7-21(8-11-24)27-12-13-28-21/h2-6,9,15H,7-8,10-14H2,1H3. The number of amides is 1. The highest BCUT2D eigenvalue weighted by Gasteiger charge is 2.40. The summed E-state index contributed by atoms with van der Waals surface area (Å²) in [5.41, 5.74) is 2.62. The molecule has 1 amide bonds. The predicted molar refractivity (Wildman–Crippen MR) is 105 cm³/mol. The van der Waals surface area contributed by atoms with Gasteiger partial charge in [-0.1, -0.05) is 18.2 Å². The fraction of sp³-hybridized carbons (Fsp3) is 0.476. The molecule has 146 valence electrons. The molecule has 0 aliphatic carbocycles. The Balaban J connectivity index is 1.35. The lowest BCUT2D eigenvalue weighted by molar-refractivity contribution is -0.169. The zero-order valence-corrected chi connectivity index (χ0v) is 16.0. The van der Waals surface area contributed by atoms with Gasteiger partial charge in [0, 0.05) is 43.9 Å². The molecule has 3 aliphatic heterocycles. The number of piperidine rings is 1. The molecule has 1 atom stereocenters. The fourth-order valence-electron chi connectivity index (χ4n) is 4.45. The Morgan fingerprint density at radius 1 is 1.14 bits per heavy atom. The third kappa shape index (κ3) is 2.95. The minimum absolute atomic E-state index is 0.0722. The van der Waals surface area contributed by atoms with Gasteiger partial charge in [-0.2, -0.15) is 0 Å². The summed E-state index contributed by atoms with van der Waals surface area (Å²) < 4.78 is 11.6. The first-order valence-corrected chi connectivity index (χ1v) is 9.93. The van der Waals surface area contributed by atoms with Gasteiger partial charge in [-0.25, -0.2) is 9.97 Å². The summed E-state index contributed by atoms with van der Waals surface area (Å²) in [5, 5.41) is 0. The molecule has 0 N–H and O–H groups in total. The number of anilines is 2. The molecule has 0 bridgehead atoms. The monoisotopic (exact) mass is 380 g/mol. The third-order valence-electron chi connectivity index (χ3n) is 5.91. The molecule has 0 radical (unpaired) electrons. The van der Waals surface area contributed by atoms with Crippen LogP contribution in [-0.2, 0) is 15.9 Å². The lowest BCUT2D eigenvalue weighted by atomic mass is 10.0. The maximum atomic E-state index is 13.2. The Kier molecular flexibility index (Phi) is 4.29. The zero-order chi connectivity index (χ0) is 19.1. The molecule has 28 heavy (non-hydrogen) atoms. The van der Waals surface area contributed by atoms with E-state index in [2.05, 4.69) is 27.9 Å². The van der Waals surface area contributed by atoms with Crippen LogP contribution in [0.2, 0.25) is 0 Å². The van der Waals surface area contributed by atoms with Gasteiger partial charge in [-0.15, -0.1) is 0 Å². The number of fused-ring (bicyclic) bond motifs is 1. The van der Waals surface area contributed by atoms with Crippen molar-refractivity contribution in [1.29, 1.82) is 0 Å². The normalized spacial score (nSPS) is 23.2. The van der Waals surface area contributed by atoms with Crippen LogP contribution in [0.1, 0.15) is 35.8 Å². The SMILES string of the molecule is CC1Cc2ccccc2N1C(=O)c1ccnc(N2CCC3(CC2)OCCO3)n1. The van der Waals surface area contributed by atoms with E-state index >= 15 is 0 Å². The first-order chi connectivity index (χ1) is 13.7. The van der Waals surface area contributed by atoms with E-state index < -0.39 is 5.79 Å². The quantitative estimate of drug-likeness (QED) is 0.797. The van der Waals surface area contributed by atoms with Crippen LogP contribution < -0.4 is 9.80 Å². The van der Waals surface area contributed by atoms with Crippen molar-refractivity contribution in [3.63, 3.8) is 0 Å². The molecule has 7 heteroatoms. The molecule has 2 saturated heterocycles. The number of ether oxygens (including phenoxy) is 2. The summed E-state index contributed by atoms with van der Waals surface area (Å²) in [5.74, 6) is 0.0920. The summed E-state index contributed by atoms with van der Waals surface area (Å²) in [4.78, 5) is 26.2. The topological polar surface area (TPSA) is 67.8 Å². The number of rotatable bonds is 2. The molecule has 7 nitrogen and oxygen atoms in total. The summed E-state index contributed by atoms with van der Waals surface area (Å²) >= 11 is 0. The minimum atomic E-state index is -0.432.